The first-order valence-electron chi connectivity index (χ1n) is 8.46. The van der Waals surface area contributed by atoms with Gasteiger partial charge in [0.05, 0.1) is 22.2 Å². The molecule has 1 aromatic heterocycles. The molecule has 7 heteroatoms. The zero-order valence-electron chi connectivity index (χ0n) is 15.9. The predicted octanol–water partition coefficient (Wildman–Crippen LogP) is 3.12. The molecular weight excluding hydrogens is 319 g/mol. The molecule has 2 heterocycles. The highest BCUT2D eigenvalue weighted by molar-refractivity contribution is 6.62. The molecular formula is C18H25BN2O4. The summed E-state index contributed by atoms with van der Waals surface area (Å²) >= 11 is 0. The van der Waals surface area contributed by atoms with Crippen LogP contribution in [0.25, 0.3) is 11.0 Å². The number of carbonyl (C=O) groups excluding carboxylic acids is 1. The maximum atomic E-state index is 12.3. The number of nitrogens with zero attached hydrogens (tertiary/aromatic N) is 2. The molecule has 2 aromatic rings. The third kappa shape index (κ3) is 3.31. The van der Waals surface area contributed by atoms with Crippen molar-refractivity contribution in [2.75, 3.05) is 0 Å². The largest absolute Gasteiger partial charge is 0.494 e. The van der Waals surface area contributed by atoms with Crippen molar-refractivity contribution in [3.63, 3.8) is 0 Å². The van der Waals surface area contributed by atoms with Crippen LogP contribution in [-0.2, 0) is 14.0 Å². The highest BCUT2D eigenvalue weighted by atomic mass is 16.7. The average Bonchev–Trinajstić information content (AvgIpc) is 2.95. The molecule has 0 atom stereocenters. The summed E-state index contributed by atoms with van der Waals surface area (Å²) in [6.45, 7) is 13.6. The van der Waals surface area contributed by atoms with E-state index in [1.54, 1.807) is 0 Å². The van der Waals surface area contributed by atoms with Gasteiger partial charge in [0, 0.05) is 0 Å². The Bertz CT molecular complexity index is 804. The van der Waals surface area contributed by atoms with Crippen molar-refractivity contribution >= 4 is 29.7 Å². The van der Waals surface area contributed by atoms with Crippen LogP contribution in [0.15, 0.2) is 24.5 Å². The summed E-state index contributed by atoms with van der Waals surface area (Å²) in [7, 11) is -0.457. The summed E-state index contributed by atoms with van der Waals surface area (Å²) in [5.41, 5.74) is 0.898. The minimum absolute atomic E-state index is 0.400. The van der Waals surface area contributed by atoms with E-state index in [0.29, 0.717) is 11.0 Å². The molecule has 1 aromatic carbocycles. The zero-order chi connectivity index (χ0) is 18.6. The van der Waals surface area contributed by atoms with Gasteiger partial charge < -0.3 is 14.0 Å². The van der Waals surface area contributed by atoms with Gasteiger partial charge in [-0.3, -0.25) is 0 Å². The molecule has 0 saturated carbocycles. The fraction of sp³-hybridized carbons (Fsp3) is 0.556. The van der Waals surface area contributed by atoms with Gasteiger partial charge in [-0.05, 0) is 66.1 Å². The van der Waals surface area contributed by atoms with Crippen molar-refractivity contribution in [3.8, 4) is 0 Å². The standard InChI is InChI=1S/C18H25BN2O4/c1-16(2,3)23-15(22)21-11-20-13-10-12(8-9-14(13)21)19-24-17(4,5)18(6,7)25-19/h8-11H,1-7H3. The number of ether oxygens (including phenoxy) is 1. The summed E-state index contributed by atoms with van der Waals surface area (Å²) in [5, 5.41) is 0. The molecule has 1 aliphatic heterocycles. The maximum Gasteiger partial charge on any atom is 0.494 e. The second-order valence-corrected chi connectivity index (χ2v) is 8.43. The summed E-state index contributed by atoms with van der Waals surface area (Å²) < 4.78 is 19.0. The van der Waals surface area contributed by atoms with Crippen LogP contribution in [0.3, 0.4) is 0 Å². The van der Waals surface area contributed by atoms with Crippen molar-refractivity contribution in [1.29, 1.82) is 0 Å². The SMILES string of the molecule is CC(C)(C)OC(=O)n1cnc2cc(B3OC(C)(C)C(C)(C)O3)ccc21. The number of benzene rings is 1. The molecule has 0 unspecified atom stereocenters. The predicted molar refractivity (Wildman–Crippen MR) is 97.1 cm³/mol. The van der Waals surface area contributed by atoms with Crippen molar-refractivity contribution in [2.24, 2.45) is 0 Å². The monoisotopic (exact) mass is 344 g/mol. The molecule has 1 saturated heterocycles. The van der Waals surface area contributed by atoms with Crippen LogP contribution in [0.2, 0.25) is 0 Å². The number of hydrogen-bond donors (Lipinski definition) is 0. The quantitative estimate of drug-likeness (QED) is 0.744. The summed E-state index contributed by atoms with van der Waals surface area (Å²) in [5.74, 6) is 0. The highest BCUT2D eigenvalue weighted by Gasteiger charge is 2.51. The topological polar surface area (TPSA) is 62.6 Å². The number of aromatic nitrogens is 2. The number of rotatable bonds is 1. The van der Waals surface area contributed by atoms with E-state index in [2.05, 4.69) is 4.98 Å². The maximum absolute atomic E-state index is 12.3. The van der Waals surface area contributed by atoms with Gasteiger partial charge >= 0.3 is 13.2 Å². The molecule has 0 bridgehead atoms. The zero-order valence-corrected chi connectivity index (χ0v) is 15.9. The molecule has 1 fully saturated rings. The first-order valence-corrected chi connectivity index (χ1v) is 8.46. The van der Waals surface area contributed by atoms with Gasteiger partial charge in [-0.25, -0.2) is 14.3 Å². The van der Waals surface area contributed by atoms with Gasteiger partial charge in [-0.2, -0.15) is 0 Å². The van der Waals surface area contributed by atoms with Crippen molar-refractivity contribution in [2.45, 2.75) is 65.3 Å². The lowest BCUT2D eigenvalue weighted by atomic mass is 9.79. The minimum atomic E-state index is -0.559. The summed E-state index contributed by atoms with van der Waals surface area (Å²) in [6.07, 6.45) is 1.03. The van der Waals surface area contributed by atoms with Crippen LogP contribution >= 0.6 is 0 Å². The summed E-state index contributed by atoms with van der Waals surface area (Å²) in [4.78, 5) is 16.6. The first-order chi connectivity index (χ1) is 11.4. The Morgan fingerprint density at radius 1 is 1.16 bits per heavy atom. The van der Waals surface area contributed by atoms with Crippen LogP contribution in [0.5, 0.6) is 0 Å². The molecule has 0 N–H and O–H groups in total. The van der Waals surface area contributed by atoms with E-state index in [0.717, 1.165) is 5.46 Å². The van der Waals surface area contributed by atoms with Gasteiger partial charge in [0.1, 0.15) is 11.9 Å². The molecule has 0 spiro atoms. The summed E-state index contributed by atoms with van der Waals surface area (Å²) in [6, 6.07) is 5.62. The minimum Gasteiger partial charge on any atom is -0.443 e. The van der Waals surface area contributed by atoms with Crippen LogP contribution in [0.1, 0.15) is 48.5 Å². The average molecular weight is 344 g/mol. The molecule has 0 aliphatic carbocycles. The van der Waals surface area contributed by atoms with Crippen molar-refractivity contribution < 1.29 is 18.8 Å². The molecule has 0 radical (unpaired) electrons. The van der Waals surface area contributed by atoms with Crippen molar-refractivity contribution in [1.82, 2.24) is 9.55 Å². The Hall–Kier alpha value is -1.86. The van der Waals surface area contributed by atoms with Crippen molar-refractivity contribution in [3.05, 3.63) is 24.5 Å². The second kappa shape index (κ2) is 5.57. The lowest BCUT2D eigenvalue weighted by Crippen LogP contribution is -2.41. The van der Waals surface area contributed by atoms with Gasteiger partial charge in [0.25, 0.3) is 0 Å². The normalized spacial score (nSPS) is 19.4. The van der Waals surface area contributed by atoms with Gasteiger partial charge in [0.15, 0.2) is 0 Å². The van der Waals surface area contributed by atoms with E-state index < -0.39 is 30.0 Å². The van der Waals surface area contributed by atoms with E-state index in [4.69, 9.17) is 14.0 Å². The number of carbonyl (C=O) groups is 1. The van der Waals surface area contributed by atoms with Gasteiger partial charge in [-0.15, -0.1) is 0 Å². The number of hydrogen-bond acceptors (Lipinski definition) is 5. The Morgan fingerprint density at radius 3 is 2.32 bits per heavy atom. The molecule has 25 heavy (non-hydrogen) atoms. The Labute approximate surface area is 148 Å². The lowest BCUT2D eigenvalue weighted by Gasteiger charge is -2.32. The Kier molecular flexibility index (Phi) is 4.00. The van der Waals surface area contributed by atoms with E-state index in [-0.39, 0.29) is 0 Å². The smallest absolute Gasteiger partial charge is 0.443 e. The molecule has 3 rings (SSSR count). The van der Waals surface area contributed by atoms with E-state index >= 15 is 0 Å². The van der Waals surface area contributed by atoms with Crippen LogP contribution in [0.4, 0.5) is 4.79 Å². The first kappa shape index (κ1) is 18.0. The van der Waals surface area contributed by atoms with Gasteiger partial charge in [0.2, 0.25) is 0 Å². The third-order valence-corrected chi connectivity index (χ3v) is 4.69. The molecule has 6 nitrogen and oxygen atoms in total. The molecule has 1 aliphatic rings. The third-order valence-electron chi connectivity index (χ3n) is 4.69. The molecule has 0 amide bonds. The van der Waals surface area contributed by atoms with Gasteiger partial charge in [-0.1, -0.05) is 6.07 Å². The highest BCUT2D eigenvalue weighted by Crippen LogP contribution is 2.36. The van der Waals surface area contributed by atoms with Crippen LogP contribution in [-0.4, -0.2) is 39.6 Å². The van der Waals surface area contributed by atoms with E-state index in [1.807, 2.05) is 66.7 Å². The molecule has 134 valence electrons. The van der Waals surface area contributed by atoms with Crippen LogP contribution < -0.4 is 5.46 Å². The number of imidazole rings is 1. The van der Waals surface area contributed by atoms with E-state index in [9.17, 15) is 4.79 Å². The van der Waals surface area contributed by atoms with Crippen LogP contribution in [0, 0.1) is 0 Å². The van der Waals surface area contributed by atoms with E-state index in [1.165, 1.54) is 10.9 Å². The lowest BCUT2D eigenvalue weighted by molar-refractivity contribution is 0.00578. The Morgan fingerprint density at radius 2 is 1.76 bits per heavy atom. The fourth-order valence-electron chi connectivity index (χ4n) is 2.61. The number of fused-ring (bicyclic) bond motifs is 1. The fourth-order valence-corrected chi connectivity index (χ4v) is 2.61. The Balaban J connectivity index is 1.90. The second-order valence-electron chi connectivity index (χ2n) is 8.43.